The van der Waals surface area contributed by atoms with E-state index in [2.05, 4.69) is 50.5 Å². The topological polar surface area (TPSA) is 69.0 Å². The Kier molecular flexibility index (Phi) is 7.93. The zero-order chi connectivity index (χ0) is 21.5. The van der Waals surface area contributed by atoms with Crippen LogP contribution in [-0.2, 0) is 24.7 Å². The molecule has 1 aromatic heterocycles. The Balaban J connectivity index is 1.48. The Bertz CT molecular complexity index is 1000. The van der Waals surface area contributed by atoms with E-state index < -0.39 is 0 Å². The molecule has 0 aliphatic heterocycles. The van der Waals surface area contributed by atoms with E-state index in [1.807, 2.05) is 41.9 Å². The molecule has 0 atom stereocenters. The van der Waals surface area contributed by atoms with Crippen LogP contribution in [0.3, 0.4) is 0 Å². The van der Waals surface area contributed by atoms with Crippen LogP contribution in [0, 0.1) is 6.92 Å². The van der Waals surface area contributed by atoms with Crippen LogP contribution in [-0.4, -0.2) is 33.5 Å². The van der Waals surface area contributed by atoms with Gasteiger partial charge in [0.2, 0.25) is 5.91 Å². The van der Waals surface area contributed by atoms with Crippen molar-refractivity contribution in [3.8, 4) is 5.75 Å². The van der Waals surface area contributed by atoms with Gasteiger partial charge in [0.15, 0.2) is 5.16 Å². The lowest BCUT2D eigenvalue weighted by molar-refractivity contribution is -0.113. The molecule has 158 valence electrons. The van der Waals surface area contributed by atoms with Gasteiger partial charge in [-0.1, -0.05) is 33.8 Å². The number of amides is 1. The number of halogens is 1. The molecule has 0 radical (unpaired) electrons. The standard InChI is InChI=1S/C22H25BrN4O2S/c1-15-13-19(29-3)12-7-16(15)5-4-6-20-25-26-22(27(20)2)30-14-21(28)24-18-10-8-17(23)9-11-18/h7-13H,4-6,14H2,1-3H3,(H,24,28). The summed E-state index contributed by atoms with van der Waals surface area (Å²) in [5.41, 5.74) is 3.33. The summed E-state index contributed by atoms with van der Waals surface area (Å²) in [6.45, 7) is 2.11. The maximum Gasteiger partial charge on any atom is 0.234 e. The highest BCUT2D eigenvalue weighted by Gasteiger charge is 2.12. The molecule has 0 saturated carbocycles. The lowest BCUT2D eigenvalue weighted by atomic mass is 10.0. The molecule has 6 nitrogen and oxygen atoms in total. The third kappa shape index (κ3) is 6.09. The van der Waals surface area contributed by atoms with Crippen LogP contribution in [0.5, 0.6) is 5.75 Å². The van der Waals surface area contributed by atoms with Gasteiger partial charge in [0.25, 0.3) is 0 Å². The van der Waals surface area contributed by atoms with Gasteiger partial charge in [0, 0.05) is 23.6 Å². The van der Waals surface area contributed by atoms with Crippen molar-refractivity contribution in [1.29, 1.82) is 0 Å². The maximum absolute atomic E-state index is 12.2. The first-order valence-electron chi connectivity index (χ1n) is 9.66. The summed E-state index contributed by atoms with van der Waals surface area (Å²) in [6, 6.07) is 13.7. The number of ether oxygens (including phenoxy) is 1. The van der Waals surface area contributed by atoms with E-state index in [-0.39, 0.29) is 11.7 Å². The quantitative estimate of drug-likeness (QED) is 0.438. The molecule has 0 spiro atoms. The predicted molar refractivity (Wildman–Crippen MR) is 124 cm³/mol. The first kappa shape index (κ1) is 22.4. The zero-order valence-electron chi connectivity index (χ0n) is 17.3. The molecular weight excluding hydrogens is 464 g/mol. The number of rotatable bonds is 9. The fourth-order valence-corrected chi connectivity index (χ4v) is 4.06. The minimum Gasteiger partial charge on any atom is -0.497 e. The van der Waals surface area contributed by atoms with Gasteiger partial charge < -0.3 is 14.6 Å². The normalized spacial score (nSPS) is 10.8. The van der Waals surface area contributed by atoms with Crippen molar-refractivity contribution in [1.82, 2.24) is 14.8 Å². The summed E-state index contributed by atoms with van der Waals surface area (Å²) in [7, 11) is 3.63. The van der Waals surface area contributed by atoms with Crippen molar-refractivity contribution in [2.24, 2.45) is 7.05 Å². The second-order valence-electron chi connectivity index (χ2n) is 6.95. The Labute approximate surface area is 189 Å². The number of thioether (sulfide) groups is 1. The molecular formula is C22H25BrN4O2S. The molecule has 0 saturated heterocycles. The predicted octanol–water partition coefficient (Wildman–Crippen LogP) is 4.80. The summed E-state index contributed by atoms with van der Waals surface area (Å²) in [6.07, 6.45) is 2.79. The van der Waals surface area contributed by atoms with E-state index in [0.29, 0.717) is 0 Å². The van der Waals surface area contributed by atoms with Crippen LogP contribution in [0.25, 0.3) is 0 Å². The Morgan fingerprint density at radius 3 is 2.63 bits per heavy atom. The molecule has 30 heavy (non-hydrogen) atoms. The van der Waals surface area contributed by atoms with Crippen LogP contribution in [0.4, 0.5) is 5.69 Å². The highest BCUT2D eigenvalue weighted by Crippen LogP contribution is 2.20. The number of hydrogen-bond donors (Lipinski definition) is 1. The van der Waals surface area contributed by atoms with Gasteiger partial charge in [-0.15, -0.1) is 10.2 Å². The smallest absolute Gasteiger partial charge is 0.234 e. The number of nitrogens with one attached hydrogen (secondary N) is 1. The van der Waals surface area contributed by atoms with Gasteiger partial charge in [-0.05, 0) is 67.3 Å². The minimum absolute atomic E-state index is 0.0677. The Hall–Kier alpha value is -2.32. The second kappa shape index (κ2) is 10.6. The number of nitrogens with zero attached hydrogens (tertiary/aromatic N) is 3. The molecule has 0 fully saturated rings. The first-order chi connectivity index (χ1) is 14.5. The van der Waals surface area contributed by atoms with E-state index >= 15 is 0 Å². The fraction of sp³-hybridized carbons (Fsp3) is 0.318. The summed E-state index contributed by atoms with van der Waals surface area (Å²) in [4.78, 5) is 12.2. The van der Waals surface area contributed by atoms with Crippen LogP contribution < -0.4 is 10.1 Å². The number of hydrogen-bond acceptors (Lipinski definition) is 5. The molecule has 1 N–H and O–H groups in total. The van der Waals surface area contributed by atoms with E-state index in [9.17, 15) is 4.79 Å². The lowest BCUT2D eigenvalue weighted by Crippen LogP contribution is -2.14. The Morgan fingerprint density at radius 2 is 1.93 bits per heavy atom. The summed E-state index contributed by atoms with van der Waals surface area (Å²) >= 11 is 4.77. The molecule has 3 aromatic rings. The van der Waals surface area contributed by atoms with E-state index in [1.165, 1.54) is 22.9 Å². The van der Waals surface area contributed by atoms with Gasteiger partial charge in [-0.2, -0.15) is 0 Å². The number of aromatic nitrogens is 3. The number of aryl methyl sites for hydroxylation is 3. The lowest BCUT2D eigenvalue weighted by Gasteiger charge is -2.08. The summed E-state index contributed by atoms with van der Waals surface area (Å²) in [5, 5.41) is 12.2. The summed E-state index contributed by atoms with van der Waals surface area (Å²) < 4.78 is 8.21. The van der Waals surface area contributed by atoms with Crippen molar-refractivity contribution in [2.75, 3.05) is 18.2 Å². The highest BCUT2D eigenvalue weighted by molar-refractivity contribution is 9.10. The fourth-order valence-electron chi connectivity index (χ4n) is 3.06. The van der Waals surface area contributed by atoms with E-state index in [1.54, 1.807) is 7.11 Å². The number of methoxy groups -OCH3 is 1. The second-order valence-corrected chi connectivity index (χ2v) is 8.81. The van der Waals surface area contributed by atoms with Gasteiger partial charge in [0.05, 0.1) is 12.9 Å². The van der Waals surface area contributed by atoms with Crippen molar-refractivity contribution < 1.29 is 9.53 Å². The number of carbonyl (C=O) groups is 1. The third-order valence-corrected chi connectivity index (χ3v) is 6.33. The van der Waals surface area contributed by atoms with E-state index in [0.717, 1.165) is 46.2 Å². The molecule has 1 amide bonds. The van der Waals surface area contributed by atoms with Crippen molar-refractivity contribution >= 4 is 39.3 Å². The van der Waals surface area contributed by atoms with Crippen LogP contribution in [0.2, 0.25) is 0 Å². The van der Waals surface area contributed by atoms with Gasteiger partial charge >= 0.3 is 0 Å². The minimum atomic E-state index is -0.0677. The average molecular weight is 489 g/mol. The maximum atomic E-state index is 12.2. The SMILES string of the molecule is COc1ccc(CCCc2nnc(SCC(=O)Nc3ccc(Br)cc3)n2C)c(C)c1. The number of carbonyl (C=O) groups excluding carboxylic acids is 1. The molecule has 8 heteroatoms. The molecule has 0 bridgehead atoms. The van der Waals surface area contributed by atoms with Crippen LogP contribution in [0.1, 0.15) is 23.4 Å². The van der Waals surface area contributed by atoms with E-state index in [4.69, 9.17) is 4.74 Å². The summed E-state index contributed by atoms with van der Waals surface area (Å²) in [5.74, 6) is 2.03. The molecule has 2 aromatic carbocycles. The monoisotopic (exact) mass is 488 g/mol. The van der Waals surface area contributed by atoms with Crippen LogP contribution in [0.15, 0.2) is 52.1 Å². The van der Waals surface area contributed by atoms with Gasteiger partial charge in [-0.3, -0.25) is 4.79 Å². The van der Waals surface area contributed by atoms with Gasteiger partial charge in [0.1, 0.15) is 11.6 Å². The van der Waals surface area contributed by atoms with Crippen molar-refractivity contribution in [2.45, 2.75) is 31.3 Å². The third-order valence-electron chi connectivity index (χ3n) is 4.78. The first-order valence-corrected chi connectivity index (χ1v) is 11.4. The molecule has 0 aliphatic rings. The Morgan fingerprint density at radius 1 is 1.17 bits per heavy atom. The molecule has 3 rings (SSSR count). The highest BCUT2D eigenvalue weighted by atomic mass is 79.9. The number of anilines is 1. The molecule has 1 heterocycles. The van der Waals surface area contributed by atoms with Crippen molar-refractivity contribution in [3.05, 3.63) is 63.9 Å². The largest absolute Gasteiger partial charge is 0.497 e. The average Bonchev–Trinajstić information content (AvgIpc) is 3.09. The molecule has 0 unspecified atom stereocenters. The van der Waals surface area contributed by atoms with Crippen LogP contribution >= 0.6 is 27.7 Å². The number of benzene rings is 2. The van der Waals surface area contributed by atoms with Gasteiger partial charge in [-0.25, -0.2) is 0 Å². The van der Waals surface area contributed by atoms with Crippen molar-refractivity contribution in [3.63, 3.8) is 0 Å². The zero-order valence-corrected chi connectivity index (χ0v) is 19.7. The molecule has 0 aliphatic carbocycles.